The minimum Gasteiger partial charge on any atom is -0.330 e. The molecule has 0 amide bonds. The SMILES string of the molecule is C=C/C(C)=C(/c1ccc(CCN)cc1)c1c(CC)[nH]c(=O)c2sccc12. The molecule has 4 heteroatoms. The van der Waals surface area contributed by atoms with Crippen LogP contribution in [0.1, 0.15) is 36.2 Å². The van der Waals surface area contributed by atoms with E-state index in [1.807, 2.05) is 17.5 Å². The first-order chi connectivity index (χ1) is 12.6. The molecule has 3 rings (SSSR count). The molecule has 0 saturated carbocycles. The molecular weight excluding hydrogens is 340 g/mol. The third-order valence-corrected chi connectivity index (χ3v) is 5.60. The Balaban J connectivity index is 2.30. The van der Waals surface area contributed by atoms with Crippen LogP contribution in [0.15, 0.2) is 58.7 Å². The van der Waals surface area contributed by atoms with Crippen molar-refractivity contribution < 1.29 is 0 Å². The number of benzene rings is 1. The highest BCUT2D eigenvalue weighted by Gasteiger charge is 2.18. The van der Waals surface area contributed by atoms with Crippen molar-refractivity contribution in [3.05, 3.63) is 86.7 Å². The van der Waals surface area contributed by atoms with Crippen molar-refractivity contribution in [2.24, 2.45) is 5.73 Å². The fourth-order valence-electron chi connectivity index (χ4n) is 3.33. The lowest BCUT2D eigenvalue weighted by atomic mass is 9.89. The monoisotopic (exact) mass is 364 g/mol. The summed E-state index contributed by atoms with van der Waals surface area (Å²) in [5.74, 6) is 0. The molecule has 0 fully saturated rings. The Hall–Kier alpha value is -2.43. The molecule has 2 aromatic heterocycles. The molecule has 0 bridgehead atoms. The van der Waals surface area contributed by atoms with E-state index in [0.717, 1.165) is 50.9 Å². The summed E-state index contributed by atoms with van der Waals surface area (Å²) < 4.78 is 0.770. The average molecular weight is 365 g/mol. The number of aromatic nitrogens is 1. The molecule has 3 N–H and O–H groups in total. The van der Waals surface area contributed by atoms with E-state index in [1.54, 1.807) is 0 Å². The first-order valence-corrected chi connectivity index (χ1v) is 9.74. The number of aromatic amines is 1. The summed E-state index contributed by atoms with van der Waals surface area (Å²) in [5, 5.41) is 2.99. The number of hydrogen-bond donors (Lipinski definition) is 2. The lowest BCUT2D eigenvalue weighted by Gasteiger charge is -2.17. The van der Waals surface area contributed by atoms with Gasteiger partial charge in [-0.05, 0) is 60.0 Å². The van der Waals surface area contributed by atoms with E-state index in [1.165, 1.54) is 16.9 Å². The summed E-state index contributed by atoms with van der Waals surface area (Å²) in [6, 6.07) is 10.6. The lowest BCUT2D eigenvalue weighted by Crippen LogP contribution is -2.11. The van der Waals surface area contributed by atoms with E-state index in [2.05, 4.69) is 49.7 Å². The second-order valence-corrected chi connectivity index (χ2v) is 7.24. The largest absolute Gasteiger partial charge is 0.330 e. The van der Waals surface area contributed by atoms with Crippen molar-refractivity contribution >= 4 is 27.0 Å². The molecule has 3 aromatic rings. The predicted molar refractivity (Wildman–Crippen MR) is 113 cm³/mol. The molecule has 3 nitrogen and oxygen atoms in total. The number of nitrogens with two attached hydrogens (primary N) is 1. The van der Waals surface area contributed by atoms with Crippen molar-refractivity contribution in [3.8, 4) is 0 Å². The minimum absolute atomic E-state index is 0.00972. The summed E-state index contributed by atoms with van der Waals surface area (Å²) in [4.78, 5) is 15.5. The fraction of sp³-hybridized carbons (Fsp3) is 0.227. The summed E-state index contributed by atoms with van der Waals surface area (Å²) in [6.45, 7) is 8.75. The van der Waals surface area contributed by atoms with Crippen LogP contribution in [0.5, 0.6) is 0 Å². The van der Waals surface area contributed by atoms with Gasteiger partial charge in [0.1, 0.15) is 4.70 Å². The van der Waals surface area contributed by atoms with Crippen molar-refractivity contribution in [2.75, 3.05) is 6.54 Å². The Kier molecular flexibility index (Phi) is 5.55. The molecule has 0 aliphatic heterocycles. The van der Waals surface area contributed by atoms with Gasteiger partial charge >= 0.3 is 0 Å². The van der Waals surface area contributed by atoms with Crippen molar-refractivity contribution in [1.29, 1.82) is 0 Å². The van der Waals surface area contributed by atoms with Gasteiger partial charge in [-0.15, -0.1) is 11.3 Å². The number of pyridine rings is 1. The van der Waals surface area contributed by atoms with Gasteiger partial charge in [0.15, 0.2) is 0 Å². The summed E-state index contributed by atoms with van der Waals surface area (Å²) >= 11 is 1.48. The van der Waals surface area contributed by atoms with Crippen LogP contribution in [0, 0.1) is 0 Å². The molecule has 0 saturated heterocycles. The predicted octanol–water partition coefficient (Wildman–Crippen LogP) is 4.66. The highest BCUT2D eigenvalue weighted by Crippen LogP contribution is 2.35. The fourth-order valence-corrected chi connectivity index (χ4v) is 4.12. The van der Waals surface area contributed by atoms with Gasteiger partial charge in [0.2, 0.25) is 0 Å². The maximum absolute atomic E-state index is 12.4. The van der Waals surface area contributed by atoms with Gasteiger partial charge in [0, 0.05) is 16.6 Å². The molecule has 1 aromatic carbocycles. The summed E-state index contributed by atoms with van der Waals surface area (Å²) in [5.41, 5.74) is 12.3. The zero-order valence-electron chi connectivity index (χ0n) is 15.3. The number of aryl methyl sites for hydroxylation is 1. The number of thiophene rings is 1. The van der Waals surface area contributed by atoms with Gasteiger partial charge in [-0.2, -0.15) is 0 Å². The normalized spacial score (nSPS) is 12.3. The van der Waals surface area contributed by atoms with Gasteiger partial charge in [-0.1, -0.05) is 43.8 Å². The Morgan fingerprint density at radius 2 is 2.00 bits per heavy atom. The minimum atomic E-state index is -0.00972. The van der Waals surface area contributed by atoms with E-state index in [9.17, 15) is 4.79 Å². The van der Waals surface area contributed by atoms with Crippen LogP contribution in [-0.2, 0) is 12.8 Å². The maximum atomic E-state index is 12.4. The molecule has 0 aliphatic rings. The zero-order valence-corrected chi connectivity index (χ0v) is 16.1. The Morgan fingerprint density at radius 1 is 1.27 bits per heavy atom. The second kappa shape index (κ2) is 7.85. The lowest BCUT2D eigenvalue weighted by molar-refractivity contribution is 0.968. The highest BCUT2D eigenvalue weighted by atomic mass is 32.1. The average Bonchev–Trinajstić information content (AvgIpc) is 3.15. The molecule has 26 heavy (non-hydrogen) atoms. The molecule has 0 radical (unpaired) electrons. The van der Waals surface area contributed by atoms with Crippen LogP contribution in [0.3, 0.4) is 0 Å². The number of fused-ring (bicyclic) bond motifs is 1. The second-order valence-electron chi connectivity index (χ2n) is 6.32. The van der Waals surface area contributed by atoms with Gasteiger partial charge in [-0.3, -0.25) is 4.79 Å². The summed E-state index contributed by atoms with van der Waals surface area (Å²) in [6.07, 6.45) is 3.51. The topological polar surface area (TPSA) is 58.9 Å². The van der Waals surface area contributed by atoms with E-state index in [4.69, 9.17) is 5.73 Å². The van der Waals surface area contributed by atoms with Gasteiger partial charge in [0.05, 0.1) is 0 Å². The van der Waals surface area contributed by atoms with E-state index in [0.29, 0.717) is 6.54 Å². The van der Waals surface area contributed by atoms with Gasteiger partial charge in [-0.25, -0.2) is 0 Å². The first kappa shape index (κ1) is 18.4. The van der Waals surface area contributed by atoms with Gasteiger partial charge in [0.25, 0.3) is 5.56 Å². The van der Waals surface area contributed by atoms with Crippen LogP contribution in [0.4, 0.5) is 0 Å². The first-order valence-electron chi connectivity index (χ1n) is 8.86. The third-order valence-electron chi connectivity index (χ3n) is 4.69. The number of allylic oxidation sites excluding steroid dienone is 2. The highest BCUT2D eigenvalue weighted by molar-refractivity contribution is 7.17. The zero-order chi connectivity index (χ0) is 18.7. The molecule has 134 valence electrons. The van der Waals surface area contributed by atoms with Crippen molar-refractivity contribution in [3.63, 3.8) is 0 Å². The molecule has 0 unspecified atom stereocenters. The van der Waals surface area contributed by atoms with E-state index >= 15 is 0 Å². The maximum Gasteiger partial charge on any atom is 0.266 e. The van der Waals surface area contributed by atoms with Crippen LogP contribution in [0.25, 0.3) is 15.7 Å². The Bertz CT molecular complexity index is 1020. The number of nitrogens with one attached hydrogen (secondary N) is 1. The quantitative estimate of drug-likeness (QED) is 0.625. The van der Waals surface area contributed by atoms with E-state index in [-0.39, 0.29) is 5.56 Å². The van der Waals surface area contributed by atoms with E-state index < -0.39 is 0 Å². The number of H-pyrrole nitrogens is 1. The number of hydrogen-bond acceptors (Lipinski definition) is 3. The Labute approximate surface area is 157 Å². The molecule has 0 spiro atoms. The van der Waals surface area contributed by atoms with Crippen LogP contribution < -0.4 is 11.3 Å². The number of rotatable bonds is 6. The third kappa shape index (κ3) is 3.30. The molecule has 0 atom stereocenters. The standard InChI is InChI=1S/C22H24N2OS/c1-4-14(3)19(16-8-6-15(7-9-16)10-12-23)20-17-11-13-26-21(17)22(25)24-18(20)5-2/h4,6-9,11,13H,1,5,10,12,23H2,2-3H3,(H,24,25)/b19-14-. The summed E-state index contributed by atoms with van der Waals surface area (Å²) in [7, 11) is 0. The molecule has 2 heterocycles. The van der Waals surface area contributed by atoms with Crippen LogP contribution in [-0.4, -0.2) is 11.5 Å². The Morgan fingerprint density at radius 3 is 2.62 bits per heavy atom. The van der Waals surface area contributed by atoms with Crippen LogP contribution in [0.2, 0.25) is 0 Å². The molecular formula is C22H24N2OS. The van der Waals surface area contributed by atoms with Crippen molar-refractivity contribution in [2.45, 2.75) is 26.7 Å². The smallest absolute Gasteiger partial charge is 0.266 e. The van der Waals surface area contributed by atoms with Gasteiger partial charge < -0.3 is 10.7 Å². The van der Waals surface area contributed by atoms with Crippen LogP contribution >= 0.6 is 11.3 Å². The van der Waals surface area contributed by atoms with Crippen molar-refractivity contribution in [1.82, 2.24) is 4.98 Å². The molecule has 0 aliphatic carbocycles.